The van der Waals surface area contributed by atoms with E-state index in [-0.39, 0.29) is 0 Å². The molecular weight excluding hydrogens is 286 g/mol. The minimum Gasteiger partial charge on any atom is -0.379 e. The summed E-state index contributed by atoms with van der Waals surface area (Å²) in [5.41, 5.74) is 2.95. The largest absolute Gasteiger partial charge is 0.379 e. The fourth-order valence-corrected chi connectivity index (χ4v) is 2.84. The second-order valence-electron chi connectivity index (χ2n) is 4.98. The maximum Gasteiger partial charge on any atom is 0.224 e. The molecule has 0 saturated carbocycles. The summed E-state index contributed by atoms with van der Waals surface area (Å²) in [6, 6.07) is 2.23. The molecule has 1 unspecified atom stereocenters. The average molecular weight is 305 g/mol. The van der Waals surface area contributed by atoms with Gasteiger partial charge in [-0.3, -0.25) is 0 Å². The molecule has 0 spiro atoms. The van der Waals surface area contributed by atoms with Crippen LogP contribution in [0.15, 0.2) is 23.2 Å². The second-order valence-corrected chi connectivity index (χ2v) is 5.70. The van der Waals surface area contributed by atoms with E-state index in [4.69, 9.17) is 4.74 Å². The molecule has 2 aromatic rings. The van der Waals surface area contributed by atoms with E-state index >= 15 is 0 Å². The lowest BCUT2D eigenvalue weighted by atomic mass is 10.1. The van der Waals surface area contributed by atoms with Crippen molar-refractivity contribution in [2.45, 2.75) is 25.3 Å². The fraction of sp³-hybridized carbons (Fsp3) is 0.500. The predicted molar refractivity (Wildman–Crippen MR) is 83.8 cm³/mol. The number of aromatic nitrogens is 3. The molecule has 0 bridgehead atoms. The van der Waals surface area contributed by atoms with Crippen LogP contribution in [0.1, 0.15) is 18.5 Å². The molecule has 3 heterocycles. The number of hydrogen-bond acceptors (Lipinski definition) is 7. The Kier molecular flexibility index (Phi) is 4.96. The molecule has 0 aliphatic carbocycles. The van der Waals surface area contributed by atoms with Gasteiger partial charge in [0.05, 0.1) is 23.9 Å². The van der Waals surface area contributed by atoms with Gasteiger partial charge in [0.25, 0.3) is 0 Å². The highest BCUT2D eigenvalue weighted by molar-refractivity contribution is 7.07. The van der Waals surface area contributed by atoms with Gasteiger partial charge >= 0.3 is 0 Å². The molecule has 1 atom stereocenters. The fourth-order valence-electron chi connectivity index (χ4n) is 2.25. The van der Waals surface area contributed by atoms with Gasteiger partial charge in [0.1, 0.15) is 5.82 Å². The lowest BCUT2D eigenvalue weighted by Gasteiger charge is -2.23. The smallest absolute Gasteiger partial charge is 0.224 e. The zero-order valence-corrected chi connectivity index (χ0v) is 12.6. The molecule has 1 aliphatic heterocycles. The van der Waals surface area contributed by atoms with Crippen molar-refractivity contribution in [3.63, 3.8) is 0 Å². The number of nitrogens with one attached hydrogen (secondary N) is 2. The molecule has 7 heteroatoms. The van der Waals surface area contributed by atoms with Crippen LogP contribution < -0.4 is 10.6 Å². The summed E-state index contributed by atoms with van der Waals surface area (Å²) in [4.78, 5) is 13.0. The monoisotopic (exact) mass is 305 g/mol. The highest BCUT2D eigenvalue weighted by Gasteiger charge is 2.14. The van der Waals surface area contributed by atoms with Crippen molar-refractivity contribution in [3.05, 3.63) is 28.8 Å². The summed E-state index contributed by atoms with van der Waals surface area (Å²) in [6.45, 7) is 2.39. The lowest BCUT2D eigenvalue weighted by Crippen LogP contribution is -2.30. The number of rotatable bonds is 6. The topological polar surface area (TPSA) is 72.0 Å². The van der Waals surface area contributed by atoms with E-state index in [0.717, 1.165) is 50.5 Å². The first kappa shape index (κ1) is 14.2. The second kappa shape index (κ2) is 7.33. The lowest BCUT2D eigenvalue weighted by molar-refractivity contribution is 0.0875. The van der Waals surface area contributed by atoms with Crippen molar-refractivity contribution in [3.8, 4) is 0 Å². The van der Waals surface area contributed by atoms with Crippen LogP contribution in [-0.2, 0) is 11.2 Å². The standard InChI is InChI=1S/C14H19N5OS/c1-2-11(8-20-7-1)18-13-4-6-16-14(19-13)15-5-3-12-9-21-10-17-12/h4,6,9-11H,1-3,5,7-8H2,(H2,15,16,18,19). The molecule has 2 N–H and O–H groups in total. The quantitative estimate of drug-likeness (QED) is 0.852. The first-order valence-electron chi connectivity index (χ1n) is 7.18. The Balaban J connectivity index is 1.50. The molecule has 1 fully saturated rings. The molecule has 2 aromatic heterocycles. The van der Waals surface area contributed by atoms with E-state index in [9.17, 15) is 0 Å². The van der Waals surface area contributed by atoms with Crippen LogP contribution in [0, 0.1) is 0 Å². The van der Waals surface area contributed by atoms with Crippen LogP contribution in [0.3, 0.4) is 0 Å². The van der Waals surface area contributed by atoms with E-state index in [1.54, 1.807) is 17.5 Å². The minimum atomic E-state index is 0.344. The predicted octanol–water partition coefficient (Wildman–Crippen LogP) is 2.18. The summed E-state index contributed by atoms with van der Waals surface area (Å²) in [7, 11) is 0. The molecule has 3 rings (SSSR count). The Bertz CT molecular complexity index is 542. The van der Waals surface area contributed by atoms with Crippen molar-refractivity contribution in [1.82, 2.24) is 15.0 Å². The van der Waals surface area contributed by atoms with Gasteiger partial charge in [-0.05, 0) is 18.9 Å². The van der Waals surface area contributed by atoms with E-state index in [1.807, 2.05) is 11.6 Å². The van der Waals surface area contributed by atoms with E-state index in [2.05, 4.69) is 31.0 Å². The number of ether oxygens (including phenoxy) is 1. The normalized spacial score (nSPS) is 18.4. The summed E-state index contributed by atoms with van der Waals surface area (Å²) < 4.78 is 5.46. The Hall–Kier alpha value is -1.73. The SMILES string of the molecule is c1cc(NC2CCCOC2)nc(NCCc2cscn2)n1. The summed E-state index contributed by atoms with van der Waals surface area (Å²) in [5.74, 6) is 1.49. The van der Waals surface area contributed by atoms with Crippen molar-refractivity contribution in [2.24, 2.45) is 0 Å². The van der Waals surface area contributed by atoms with Crippen LogP contribution in [0.5, 0.6) is 0 Å². The number of thiazole rings is 1. The number of anilines is 2. The Morgan fingerprint density at radius 2 is 2.38 bits per heavy atom. The van der Waals surface area contributed by atoms with Crippen LogP contribution in [0.4, 0.5) is 11.8 Å². The third-order valence-corrected chi connectivity index (χ3v) is 3.95. The third-order valence-electron chi connectivity index (χ3n) is 3.32. The van der Waals surface area contributed by atoms with Gasteiger partial charge in [-0.25, -0.2) is 9.97 Å². The summed E-state index contributed by atoms with van der Waals surface area (Å²) in [5, 5.41) is 8.69. The minimum absolute atomic E-state index is 0.344. The van der Waals surface area contributed by atoms with E-state index < -0.39 is 0 Å². The molecule has 112 valence electrons. The number of hydrogen-bond donors (Lipinski definition) is 2. The summed E-state index contributed by atoms with van der Waals surface area (Å²) >= 11 is 1.62. The third kappa shape index (κ3) is 4.37. The van der Waals surface area contributed by atoms with Crippen LogP contribution in [0.25, 0.3) is 0 Å². The Morgan fingerprint density at radius 1 is 1.38 bits per heavy atom. The first-order valence-corrected chi connectivity index (χ1v) is 8.13. The van der Waals surface area contributed by atoms with Gasteiger partial charge < -0.3 is 15.4 Å². The number of nitrogens with zero attached hydrogens (tertiary/aromatic N) is 3. The van der Waals surface area contributed by atoms with Crippen molar-refractivity contribution < 1.29 is 4.74 Å². The molecule has 6 nitrogen and oxygen atoms in total. The zero-order valence-electron chi connectivity index (χ0n) is 11.8. The van der Waals surface area contributed by atoms with Gasteiger partial charge in [-0.15, -0.1) is 11.3 Å². The van der Waals surface area contributed by atoms with Gasteiger partial charge in [0.2, 0.25) is 5.95 Å². The highest BCUT2D eigenvalue weighted by Crippen LogP contribution is 2.13. The van der Waals surface area contributed by atoms with Crippen LogP contribution in [-0.4, -0.2) is 40.8 Å². The van der Waals surface area contributed by atoms with Crippen molar-refractivity contribution >= 4 is 23.1 Å². The average Bonchev–Trinajstić information content (AvgIpc) is 3.02. The molecule has 0 radical (unpaired) electrons. The van der Waals surface area contributed by atoms with Gasteiger partial charge in [-0.1, -0.05) is 0 Å². The molecule has 1 saturated heterocycles. The van der Waals surface area contributed by atoms with E-state index in [1.165, 1.54) is 0 Å². The Morgan fingerprint density at radius 3 is 3.19 bits per heavy atom. The van der Waals surface area contributed by atoms with Gasteiger partial charge in [0.15, 0.2) is 0 Å². The van der Waals surface area contributed by atoms with Crippen molar-refractivity contribution in [2.75, 3.05) is 30.4 Å². The Labute approximate surface area is 128 Å². The van der Waals surface area contributed by atoms with Crippen LogP contribution >= 0.6 is 11.3 Å². The molecule has 0 amide bonds. The molecule has 0 aromatic carbocycles. The van der Waals surface area contributed by atoms with Gasteiger partial charge in [0, 0.05) is 31.1 Å². The van der Waals surface area contributed by atoms with Crippen LogP contribution in [0.2, 0.25) is 0 Å². The van der Waals surface area contributed by atoms with E-state index in [0.29, 0.717) is 12.0 Å². The first-order chi connectivity index (χ1) is 10.4. The maximum absolute atomic E-state index is 5.46. The summed E-state index contributed by atoms with van der Waals surface area (Å²) in [6.07, 6.45) is 4.86. The molecule has 1 aliphatic rings. The van der Waals surface area contributed by atoms with Gasteiger partial charge in [-0.2, -0.15) is 4.98 Å². The molecule has 21 heavy (non-hydrogen) atoms. The zero-order chi connectivity index (χ0) is 14.3. The van der Waals surface area contributed by atoms with Crippen molar-refractivity contribution in [1.29, 1.82) is 0 Å². The highest BCUT2D eigenvalue weighted by atomic mass is 32.1. The maximum atomic E-state index is 5.46. The molecular formula is C14H19N5OS.